The zero-order chi connectivity index (χ0) is 20.1. The molecular formula is C21H22ClN3O3. The van der Waals surface area contributed by atoms with Crippen molar-refractivity contribution in [1.82, 2.24) is 14.6 Å². The van der Waals surface area contributed by atoms with Crippen molar-refractivity contribution < 1.29 is 14.3 Å². The maximum atomic E-state index is 11.9. The number of rotatable bonds is 7. The minimum atomic E-state index is -0.412. The molecule has 6 nitrogen and oxygen atoms in total. The van der Waals surface area contributed by atoms with Gasteiger partial charge >= 0.3 is 5.97 Å². The van der Waals surface area contributed by atoms with Crippen LogP contribution in [0.5, 0.6) is 0 Å². The smallest absolute Gasteiger partial charge is 0.330 e. The average Bonchev–Trinajstić information content (AvgIpc) is 3.08. The van der Waals surface area contributed by atoms with E-state index in [1.165, 1.54) is 6.08 Å². The van der Waals surface area contributed by atoms with Gasteiger partial charge in [-0.25, -0.2) is 9.31 Å². The Kier molecular flexibility index (Phi) is 6.44. The van der Waals surface area contributed by atoms with Gasteiger partial charge in [0.2, 0.25) is 0 Å². The SMILES string of the molecule is CCOC(=O)C=Cc1c(COC)nn2c(CC)ccc2c1-c1cncc(Cl)c1. The summed E-state index contributed by atoms with van der Waals surface area (Å²) in [6, 6.07) is 5.90. The molecule has 0 unspecified atom stereocenters. The van der Waals surface area contributed by atoms with Crippen molar-refractivity contribution >= 4 is 29.2 Å². The summed E-state index contributed by atoms with van der Waals surface area (Å²) in [5, 5.41) is 5.29. The van der Waals surface area contributed by atoms with Crippen molar-refractivity contribution in [3.05, 3.63) is 58.6 Å². The molecule has 0 amide bonds. The van der Waals surface area contributed by atoms with Crippen LogP contribution in [0, 0.1) is 0 Å². The first-order chi connectivity index (χ1) is 13.6. The van der Waals surface area contributed by atoms with Crippen molar-refractivity contribution in [2.75, 3.05) is 13.7 Å². The predicted molar refractivity (Wildman–Crippen MR) is 109 cm³/mol. The molecule has 146 valence electrons. The molecule has 3 heterocycles. The molecule has 0 radical (unpaired) electrons. The van der Waals surface area contributed by atoms with E-state index in [-0.39, 0.29) is 0 Å². The maximum absolute atomic E-state index is 11.9. The lowest BCUT2D eigenvalue weighted by atomic mass is 9.99. The number of pyridine rings is 1. The third-order valence-corrected chi connectivity index (χ3v) is 4.51. The van der Waals surface area contributed by atoms with Gasteiger partial charge < -0.3 is 9.47 Å². The molecule has 0 saturated carbocycles. The Hall–Kier alpha value is -2.70. The molecule has 0 saturated heterocycles. The fraction of sp³-hybridized carbons (Fsp3) is 0.286. The van der Waals surface area contributed by atoms with Gasteiger partial charge in [-0.3, -0.25) is 4.98 Å². The monoisotopic (exact) mass is 399 g/mol. The van der Waals surface area contributed by atoms with Gasteiger partial charge in [0, 0.05) is 48.0 Å². The summed E-state index contributed by atoms with van der Waals surface area (Å²) in [6.45, 7) is 4.45. The van der Waals surface area contributed by atoms with Crippen molar-refractivity contribution in [1.29, 1.82) is 0 Å². The second kappa shape index (κ2) is 8.99. The van der Waals surface area contributed by atoms with Crippen LogP contribution in [0.3, 0.4) is 0 Å². The van der Waals surface area contributed by atoms with Crippen LogP contribution in [0.1, 0.15) is 30.8 Å². The molecule has 0 aliphatic heterocycles. The van der Waals surface area contributed by atoms with Crippen molar-refractivity contribution in [3.8, 4) is 11.1 Å². The van der Waals surface area contributed by atoms with E-state index in [1.54, 1.807) is 32.5 Å². The number of fused-ring (bicyclic) bond motifs is 1. The summed E-state index contributed by atoms with van der Waals surface area (Å²) in [5.74, 6) is -0.412. The largest absolute Gasteiger partial charge is 0.463 e. The molecule has 28 heavy (non-hydrogen) atoms. The Morgan fingerprint density at radius 1 is 1.29 bits per heavy atom. The number of halogens is 1. The number of aryl methyl sites for hydroxylation is 1. The minimum Gasteiger partial charge on any atom is -0.463 e. The van der Waals surface area contributed by atoms with Gasteiger partial charge in [-0.1, -0.05) is 18.5 Å². The van der Waals surface area contributed by atoms with Crippen LogP contribution >= 0.6 is 11.6 Å². The fourth-order valence-electron chi connectivity index (χ4n) is 3.12. The second-order valence-corrected chi connectivity index (χ2v) is 6.56. The molecule has 7 heteroatoms. The van der Waals surface area contributed by atoms with Gasteiger partial charge in [-0.15, -0.1) is 0 Å². The molecule has 3 aromatic heterocycles. The first-order valence-electron chi connectivity index (χ1n) is 9.07. The van der Waals surface area contributed by atoms with Crippen LogP contribution in [0.4, 0.5) is 0 Å². The fourth-order valence-corrected chi connectivity index (χ4v) is 3.29. The van der Waals surface area contributed by atoms with E-state index in [2.05, 4.69) is 11.9 Å². The highest BCUT2D eigenvalue weighted by atomic mass is 35.5. The molecule has 0 aliphatic carbocycles. The summed E-state index contributed by atoms with van der Waals surface area (Å²) in [6.07, 6.45) is 7.29. The highest BCUT2D eigenvalue weighted by Gasteiger charge is 2.18. The van der Waals surface area contributed by atoms with Gasteiger partial charge in [-0.2, -0.15) is 5.10 Å². The van der Waals surface area contributed by atoms with Crippen molar-refractivity contribution in [2.45, 2.75) is 26.9 Å². The Bertz CT molecular complexity index is 1030. The van der Waals surface area contributed by atoms with E-state index >= 15 is 0 Å². The zero-order valence-electron chi connectivity index (χ0n) is 16.1. The third kappa shape index (κ3) is 4.08. The van der Waals surface area contributed by atoms with Crippen LogP contribution in [0.25, 0.3) is 22.7 Å². The summed E-state index contributed by atoms with van der Waals surface area (Å²) < 4.78 is 12.3. The lowest BCUT2D eigenvalue weighted by Crippen LogP contribution is -2.08. The number of hydrogen-bond donors (Lipinski definition) is 0. The average molecular weight is 400 g/mol. The maximum Gasteiger partial charge on any atom is 0.330 e. The van der Waals surface area contributed by atoms with Gasteiger partial charge in [0.15, 0.2) is 0 Å². The van der Waals surface area contributed by atoms with E-state index in [9.17, 15) is 4.79 Å². The summed E-state index contributed by atoms with van der Waals surface area (Å²) >= 11 is 6.20. The lowest BCUT2D eigenvalue weighted by molar-refractivity contribution is -0.137. The second-order valence-electron chi connectivity index (χ2n) is 6.12. The number of ether oxygens (including phenoxy) is 2. The first-order valence-corrected chi connectivity index (χ1v) is 9.45. The lowest BCUT2D eigenvalue weighted by Gasteiger charge is -2.15. The van der Waals surface area contributed by atoms with Crippen LogP contribution in [-0.4, -0.2) is 34.3 Å². The van der Waals surface area contributed by atoms with E-state index in [0.29, 0.717) is 23.9 Å². The molecule has 0 atom stereocenters. The number of esters is 1. The number of aromatic nitrogens is 3. The molecule has 0 aliphatic rings. The van der Waals surface area contributed by atoms with Crippen LogP contribution in [-0.2, 0) is 27.3 Å². The number of carbonyl (C=O) groups is 1. The van der Waals surface area contributed by atoms with Gasteiger partial charge in [0.25, 0.3) is 0 Å². The van der Waals surface area contributed by atoms with Crippen LogP contribution < -0.4 is 0 Å². The van der Waals surface area contributed by atoms with Gasteiger partial charge in [0.1, 0.15) is 0 Å². The molecule has 0 bridgehead atoms. The molecule has 0 aromatic carbocycles. The van der Waals surface area contributed by atoms with Crippen LogP contribution in [0.15, 0.2) is 36.7 Å². The van der Waals surface area contributed by atoms with Crippen molar-refractivity contribution in [3.63, 3.8) is 0 Å². The summed E-state index contributed by atoms with van der Waals surface area (Å²) in [5.41, 5.74) is 5.18. The normalized spacial score (nSPS) is 11.4. The van der Waals surface area contributed by atoms with Crippen LogP contribution in [0.2, 0.25) is 5.02 Å². The van der Waals surface area contributed by atoms with Gasteiger partial charge in [0.05, 0.1) is 29.4 Å². The molecule has 0 spiro atoms. The minimum absolute atomic E-state index is 0.292. The molecule has 0 fully saturated rings. The predicted octanol–water partition coefficient (Wildman–Crippen LogP) is 4.33. The topological polar surface area (TPSA) is 65.7 Å². The van der Waals surface area contributed by atoms with Gasteiger partial charge in [-0.05, 0) is 37.6 Å². The first kappa shape index (κ1) is 20.0. The number of carbonyl (C=O) groups excluding carboxylic acids is 1. The highest BCUT2D eigenvalue weighted by Crippen LogP contribution is 2.33. The van der Waals surface area contributed by atoms with E-state index in [0.717, 1.165) is 34.3 Å². The quantitative estimate of drug-likeness (QED) is 0.437. The zero-order valence-corrected chi connectivity index (χ0v) is 16.9. The standard InChI is InChI=1S/C21H22ClN3O3/c1-4-16-6-8-19-21(14-10-15(22)12-23-11-14)17(7-9-20(26)28-5-2)18(13-27-3)24-25(16)19/h6-12H,4-5,13H2,1-3H3. The summed E-state index contributed by atoms with van der Waals surface area (Å²) in [7, 11) is 1.61. The number of hydrogen-bond acceptors (Lipinski definition) is 5. The molecule has 3 rings (SSSR count). The molecular weight excluding hydrogens is 378 g/mol. The van der Waals surface area contributed by atoms with E-state index < -0.39 is 5.97 Å². The Morgan fingerprint density at radius 3 is 2.79 bits per heavy atom. The van der Waals surface area contributed by atoms with E-state index in [1.807, 2.05) is 22.7 Å². The third-order valence-electron chi connectivity index (χ3n) is 4.30. The van der Waals surface area contributed by atoms with Crippen molar-refractivity contribution in [2.24, 2.45) is 0 Å². The van der Waals surface area contributed by atoms with E-state index in [4.69, 9.17) is 26.2 Å². The highest BCUT2D eigenvalue weighted by molar-refractivity contribution is 6.30. The number of methoxy groups -OCH3 is 1. The number of nitrogens with zero attached hydrogens (tertiary/aromatic N) is 3. The Balaban J connectivity index is 2.32. The summed E-state index contributed by atoms with van der Waals surface area (Å²) in [4.78, 5) is 16.1. The molecule has 3 aromatic rings. The Labute approximate surface area is 168 Å². The molecule has 0 N–H and O–H groups in total. The Morgan fingerprint density at radius 2 is 2.11 bits per heavy atom.